The second-order valence-corrected chi connectivity index (χ2v) is 8.05. The predicted octanol–water partition coefficient (Wildman–Crippen LogP) is 2.96. The van der Waals surface area contributed by atoms with Gasteiger partial charge in [-0.1, -0.05) is 20.3 Å². The standard InChI is InChI=1S/C13H30O4Si/c1-5-7-9-15-11-13-17-18(3,4)16-12-10-14-8-6-2/h5-13H2,1-4H3. The van der Waals surface area contributed by atoms with Crippen molar-refractivity contribution in [1.82, 2.24) is 0 Å². The van der Waals surface area contributed by atoms with Gasteiger partial charge in [0, 0.05) is 13.2 Å². The van der Waals surface area contributed by atoms with Crippen LogP contribution in [0.4, 0.5) is 0 Å². The second kappa shape index (κ2) is 12.1. The first-order valence-electron chi connectivity index (χ1n) is 7.05. The van der Waals surface area contributed by atoms with E-state index in [2.05, 4.69) is 26.9 Å². The smallest absolute Gasteiger partial charge is 0.331 e. The molecule has 0 saturated carbocycles. The van der Waals surface area contributed by atoms with Gasteiger partial charge in [0.25, 0.3) is 0 Å². The highest BCUT2D eigenvalue weighted by Crippen LogP contribution is 2.06. The largest absolute Gasteiger partial charge is 0.392 e. The zero-order valence-corrected chi connectivity index (χ0v) is 13.5. The summed E-state index contributed by atoms with van der Waals surface area (Å²) in [4.78, 5) is 0. The van der Waals surface area contributed by atoms with Crippen LogP contribution in [-0.4, -0.2) is 48.2 Å². The maximum Gasteiger partial charge on any atom is 0.331 e. The Morgan fingerprint density at radius 2 is 1.22 bits per heavy atom. The Morgan fingerprint density at radius 1 is 0.667 bits per heavy atom. The lowest BCUT2D eigenvalue weighted by molar-refractivity contribution is 0.0616. The van der Waals surface area contributed by atoms with E-state index in [-0.39, 0.29) is 0 Å². The topological polar surface area (TPSA) is 36.9 Å². The molecular weight excluding hydrogens is 248 g/mol. The third-order valence-corrected chi connectivity index (χ3v) is 4.14. The molecule has 0 saturated heterocycles. The van der Waals surface area contributed by atoms with Crippen molar-refractivity contribution in [3.8, 4) is 0 Å². The van der Waals surface area contributed by atoms with Crippen LogP contribution < -0.4 is 0 Å². The van der Waals surface area contributed by atoms with Crippen molar-refractivity contribution in [3.63, 3.8) is 0 Å². The van der Waals surface area contributed by atoms with E-state index in [4.69, 9.17) is 18.3 Å². The Bertz CT molecular complexity index is 176. The molecule has 0 aliphatic carbocycles. The van der Waals surface area contributed by atoms with Gasteiger partial charge in [0.2, 0.25) is 0 Å². The van der Waals surface area contributed by atoms with Crippen LogP contribution in [0, 0.1) is 0 Å². The molecule has 0 bridgehead atoms. The van der Waals surface area contributed by atoms with E-state index in [1.807, 2.05) is 0 Å². The van der Waals surface area contributed by atoms with Crippen LogP contribution in [0.2, 0.25) is 13.1 Å². The average Bonchev–Trinajstić information content (AvgIpc) is 2.33. The molecule has 0 amide bonds. The minimum atomic E-state index is -1.99. The van der Waals surface area contributed by atoms with Gasteiger partial charge < -0.3 is 18.3 Å². The van der Waals surface area contributed by atoms with E-state index < -0.39 is 8.56 Å². The fourth-order valence-electron chi connectivity index (χ4n) is 1.33. The van der Waals surface area contributed by atoms with Crippen molar-refractivity contribution in [3.05, 3.63) is 0 Å². The van der Waals surface area contributed by atoms with Crippen LogP contribution in [0.25, 0.3) is 0 Å². The highest BCUT2D eigenvalue weighted by Gasteiger charge is 2.23. The van der Waals surface area contributed by atoms with Gasteiger partial charge in [0.1, 0.15) is 0 Å². The summed E-state index contributed by atoms with van der Waals surface area (Å²) >= 11 is 0. The maximum atomic E-state index is 5.75. The Balaban J connectivity index is 3.37. The van der Waals surface area contributed by atoms with Gasteiger partial charge in [-0.25, -0.2) is 0 Å². The molecular formula is C13H30O4Si. The van der Waals surface area contributed by atoms with Gasteiger partial charge in [-0.2, -0.15) is 0 Å². The summed E-state index contributed by atoms with van der Waals surface area (Å²) in [5.74, 6) is 0. The van der Waals surface area contributed by atoms with Crippen LogP contribution in [0.3, 0.4) is 0 Å². The van der Waals surface area contributed by atoms with E-state index >= 15 is 0 Å². The Labute approximate surface area is 113 Å². The minimum absolute atomic E-state index is 0.621. The molecule has 0 spiro atoms. The van der Waals surface area contributed by atoms with Gasteiger partial charge in [0.05, 0.1) is 26.4 Å². The van der Waals surface area contributed by atoms with E-state index in [0.717, 1.165) is 26.1 Å². The lowest BCUT2D eigenvalue weighted by Crippen LogP contribution is -2.37. The van der Waals surface area contributed by atoms with Crippen LogP contribution in [0.15, 0.2) is 0 Å². The van der Waals surface area contributed by atoms with Gasteiger partial charge in [0.15, 0.2) is 0 Å². The molecule has 0 atom stereocenters. The fraction of sp³-hybridized carbons (Fsp3) is 1.00. The van der Waals surface area contributed by atoms with Crippen molar-refractivity contribution in [1.29, 1.82) is 0 Å². The highest BCUT2D eigenvalue weighted by atomic mass is 28.4. The Morgan fingerprint density at radius 3 is 1.72 bits per heavy atom. The fourth-order valence-corrected chi connectivity index (χ4v) is 2.56. The first-order chi connectivity index (χ1) is 8.62. The summed E-state index contributed by atoms with van der Waals surface area (Å²) in [5, 5.41) is 0. The molecule has 18 heavy (non-hydrogen) atoms. The van der Waals surface area contributed by atoms with Gasteiger partial charge in [-0.3, -0.25) is 0 Å². The summed E-state index contributed by atoms with van der Waals surface area (Å²) in [6.07, 6.45) is 3.33. The number of hydrogen-bond donors (Lipinski definition) is 0. The summed E-state index contributed by atoms with van der Waals surface area (Å²) in [5.41, 5.74) is 0. The molecule has 0 fully saturated rings. The molecule has 0 heterocycles. The zero-order chi connectivity index (χ0) is 13.7. The number of hydrogen-bond acceptors (Lipinski definition) is 4. The minimum Gasteiger partial charge on any atom is -0.392 e. The quantitative estimate of drug-likeness (QED) is 0.383. The van der Waals surface area contributed by atoms with Crippen LogP contribution in [0.1, 0.15) is 33.1 Å². The molecule has 0 aromatic rings. The lowest BCUT2D eigenvalue weighted by atomic mass is 10.4. The van der Waals surface area contributed by atoms with Crippen molar-refractivity contribution >= 4 is 8.56 Å². The predicted molar refractivity (Wildman–Crippen MR) is 76.2 cm³/mol. The summed E-state index contributed by atoms with van der Waals surface area (Å²) in [6.45, 7) is 12.6. The van der Waals surface area contributed by atoms with Crippen molar-refractivity contribution < 1.29 is 18.3 Å². The third kappa shape index (κ3) is 12.5. The maximum absolute atomic E-state index is 5.75. The van der Waals surface area contributed by atoms with Crippen molar-refractivity contribution in [2.45, 2.75) is 46.2 Å². The monoisotopic (exact) mass is 278 g/mol. The van der Waals surface area contributed by atoms with Crippen molar-refractivity contribution in [2.75, 3.05) is 39.6 Å². The van der Waals surface area contributed by atoms with Crippen LogP contribution >= 0.6 is 0 Å². The molecule has 110 valence electrons. The number of ether oxygens (including phenoxy) is 2. The van der Waals surface area contributed by atoms with Crippen LogP contribution in [-0.2, 0) is 18.3 Å². The third-order valence-electron chi connectivity index (χ3n) is 2.35. The van der Waals surface area contributed by atoms with Crippen molar-refractivity contribution in [2.24, 2.45) is 0 Å². The highest BCUT2D eigenvalue weighted by molar-refractivity contribution is 6.64. The summed E-state index contributed by atoms with van der Waals surface area (Å²) in [6, 6.07) is 0. The van der Waals surface area contributed by atoms with Gasteiger partial charge in [-0.15, -0.1) is 0 Å². The van der Waals surface area contributed by atoms with E-state index in [9.17, 15) is 0 Å². The van der Waals surface area contributed by atoms with Gasteiger partial charge >= 0.3 is 8.56 Å². The summed E-state index contributed by atoms with van der Waals surface area (Å²) in [7, 11) is -1.99. The molecule has 0 aliphatic heterocycles. The summed E-state index contributed by atoms with van der Waals surface area (Å²) < 4.78 is 22.3. The SMILES string of the molecule is CCCCOCCO[Si](C)(C)OCCOCCC. The molecule has 4 nitrogen and oxygen atoms in total. The molecule has 0 aliphatic rings. The van der Waals surface area contributed by atoms with E-state index in [1.165, 1.54) is 6.42 Å². The number of unbranched alkanes of at least 4 members (excludes halogenated alkanes) is 1. The molecule has 0 N–H and O–H groups in total. The lowest BCUT2D eigenvalue weighted by Gasteiger charge is -2.22. The molecule has 5 heteroatoms. The van der Waals surface area contributed by atoms with Gasteiger partial charge in [-0.05, 0) is 25.9 Å². The molecule has 0 rings (SSSR count). The molecule has 0 radical (unpaired) electrons. The molecule has 0 unspecified atom stereocenters. The Kier molecular flexibility index (Phi) is 12.1. The molecule has 0 aromatic carbocycles. The molecule has 0 aromatic heterocycles. The average molecular weight is 278 g/mol. The van der Waals surface area contributed by atoms with Crippen LogP contribution in [0.5, 0.6) is 0 Å². The first-order valence-corrected chi connectivity index (χ1v) is 9.87. The normalized spacial score (nSPS) is 12.0. The Hall–Kier alpha value is 0.0569. The first kappa shape index (κ1) is 18.1. The second-order valence-electron chi connectivity index (χ2n) is 4.68. The van der Waals surface area contributed by atoms with E-state index in [0.29, 0.717) is 26.4 Å². The van der Waals surface area contributed by atoms with E-state index in [1.54, 1.807) is 0 Å². The zero-order valence-electron chi connectivity index (χ0n) is 12.5. The number of rotatable bonds is 13.